The highest BCUT2D eigenvalue weighted by Crippen LogP contribution is 1.93. The Hall–Kier alpha value is -1.36. The van der Waals surface area contributed by atoms with E-state index in [0.29, 0.717) is 13.0 Å². The Kier molecular flexibility index (Phi) is 5.56. The molecule has 90 valence electrons. The maximum Gasteiger partial charge on any atom is 0.309 e. The molecule has 0 amide bonds. The second-order valence-corrected chi connectivity index (χ2v) is 3.58. The molecular formula is C11H19N2O3+. The third-order valence-electron chi connectivity index (χ3n) is 2.16. The summed E-state index contributed by atoms with van der Waals surface area (Å²) in [6, 6.07) is 0. The molecule has 0 fully saturated rings. The Morgan fingerprint density at radius 2 is 2.38 bits per heavy atom. The van der Waals surface area contributed by atoms with Crippen molar-refractivity contribution >= 4 is 5.97 Å². The van der Waals surface area contributed by atoms with Crippen molar-refractivity contribution in [2.75, 3.05) is 13.2 Å². The minimum absolute atomic E-state index is 0.0837. The monoisotopic (exact) mass is 227 g/mol. The van der Waals surface area contributed by atoms with Gasteiger partial charge in [-0.25, -0.2) is 9.13 Å². The van der Waals surface area contributed by atoms with Crippen LogP contribution in [0.25, 0.3) is 0 Å². The molecule has 1 aromatic heterocycles. The van der Waals surface area contributed by atoms with Gasteiger partial charge in [0.1, 0.15) is 25.5 Å². The predicted octanol–water partition coefficient (Wildman–Crippen LogP) is 0.111. The van der Waals surface area contributed by atoms with Crippen LogP contribution in [0.15, 0.2) is 18.7 Å². The second-order valence-electron chi connectivity index (χ2n) is 3.58. The number of ether oxygens (including phenoxy) is 1. The van der Waals surface area contributed by atoms with E-state index in [4.69, 9.17) is 9.84 Å². The molecule has 1 aromatic rings. The van der Waals surface area contributed by atoms with Crippen LogP contribution in [0.5, 0.6) is 0 Å². The highest BCUT2D eigenvalue weighted by Gasteiger charge is 2.07. The molecule has 1 heterocycles. The lowest BCUT2D eigenvalue weighted by Crippen LogP contribution is -2.30. The summed E-state index contributed by atoms with van der Waals surface area (Å²) >= 11 is 0. The fourth-order valence-corrected chi connectivity index (χ4v) is 1.41. The number of imidazole rings is 1. The van der Waals surface area contributed by atoms with Crippen LogP contribution in [-0.2, 0) is 22.6 Å². The van der Waals surface area contributed by atoms with Gasteiger partial charge in [-0.3, -0.25) is 4.79 Å². The molecule has 0 atom stereocenters. The molecule has 16 heavy (non-hydrogen) atoms. The first-order valence-electron chi connectivity index (χ1n) is 5.57. The van der Waals surface area contributed by atoms with E-state index < -0.39 is 0 Å². The van der Waals surface area contributed by atoms with E-state index in [-0.39, 0.29) is 19.2 Å². The second kappa shape index (κ2) is 7.00. The van der Waals surface area contributed by atoms with Crippen LogP contribution in [0.2, 0.25) is 0 Å². The highest BCUT2D eigenvalue weighted by molar-refractivity contribution is 5.69. The summed E-state index contributed by atoms with van der Waals surface area (Å²) in [6.45, 7) is 3.69. The van der Waals surface area contributed by atoms with Crippen molar-refractivity contribution in [1.82, 2.24) is 4.57 Å². The van der Waals surface area contributed by atoms with Crippen molar-refractivity contribution in [3.63, 3.8) is 0 Å². The van der Waals surface area contributed by atoms with E-state index in [1.807, 2.05) is 23.3 Å². The van der Waals surface area contributed by atoms with Gasteiger partial charge in [-0.15, -0.1) is 0 Å². The van der Waals surface area contributed by atoms with Crippen LogP contribution in [0.3, 0.4) is 0 Å². The van der Waals surface area contributed by atoms with Crippen LogP contribution in [0.4, 0.5) is 0 Å². The zero-order valence-corrected chi connectivity index (χ0v) is 9.63. The highest BCUT2D eigenvalue weighted by atomic mass is 16.5. The number of carbonyl (C=O) groups is 1. The van der Waals surface area contributed by atoms with Gasteiger partial charge in [0, 0.05) is 0 Å². The lowest BCUT2D eigenvalue weighted by atomic mass is 10.4. The van der Waals surface area contributed by atoms with Crippen molar-refractivity contribution in [3.8, 4) is 0 Å². The number of aromatic nitrogens is 2. The fourth-order valence-electron chi connectivity index (χ4n) is 1.41. The standard InChI is InChI=1S/C11H19N2O3/c1-2-4-12-6-7-13(10-12)5-3-11(15)16-9-8-14/h6-7,10,14H,2-5,8-9H2,1H3/q+1. The first kappa shape index (κ1) is 12.7. The van der Waals surface area contributed by atoms with Gasteiger partial charge in [0.25, 0.3) is 0 Å². The van der Waals surface area contributed by atoms with Crippen LogP contribution in [0, 0.1) is 0 Å². The number of rotatable bonds is 7. The van der Waals surface area contributed by atoms with Crippen molar-refractivity contribution in [1.29, 1.82) is 0 Å². The summed E-state index contributed by atoms with van der Waals surface area (Å²) in [4.78, 5) is 11.2. The summed E-state index contributed by atoms with van der Waals surface area (Å²) < 4.78 is 8.79. The normalized spacial score (nSPS) is 10.4. The average molecular weight is 227 g/mol. The van der Waals surface area contributed by atoms with Gasteiger partial charge in [-0.1, -0.05) is 6.92 Å². The lowest BCUT2D eigenvalue weighted by molar-refractivity contribution is -0.696. The van der Waals surface area contributed by atoms with Crippen molar-refractivity contribution in [3.05, 3.63) is 18.7 Å². The molecule has 5 nitrogen and oxygen atoms in total. The number of aliphatic hydroxyl groups excluding tert-OH is 1. The number of aliphatic hydroxyl groups is 1. The van der Waals surface area contributed by atoms with E-state index in [0.717, 1.165) is 13.0 Å². The van der Waals surface area contributed by atoms with Crippen LogP contribution in [0.1, 0.15) is 19.8 Å². The molecule has 0 aromatic carbocycles. The van der Waals surface area contributed by atoms with Gasteiger partial charge in [0.2, 0.25) is 6.33 Å². The number of aryl methyl sites for hydroxylation is 2. The molecule has 5 heteroatoms. The fraction of sp³-hybridized carbons (Fsp3) is 0.636. The van der Waals surface area contributed by atoms with Gasteiger partial charge in [0.15, 0.2) is 0 Å². The molecule has 1 rings (SSSR count). The lowest BCUT2D eigenvalue weighted by Gasteiger charge is -2.00. The van der Waals surface area contributed by atoms with E-state index in [9.17, 15) is 4.79 Å². The van der Waals surface area contributed by atoms with E-state index in [2.05, 4.69) is 11.5 Å². The van der Waals surface area contributed by atoms with Gasteiger partial charge in [0.05, 0.1) is 19.6 Å². The maximum absolute atomic E-state index is 11.2. The number of nitrogens with zero attached hydrogens (tertiary/aromatic N) is 2. The molecule has 1 N–H and O–H groups in total. The summed E-state index contributed by atoms with van der Waals surface area (Å²) in [5.41, 5.74) is 0. The van der Waals surface area contributed by atoms with Gasteiger partial charge in [-0.2, -0.15) is 0 Å². The Balaban J connectivity index is 2.28. The zero-order valence-electron chi connectivity index (χ0n) is 9.63. The minimum Gasteiger partial charge on any atom is -0.463 e. The Bertz CT molecular complexity index is 323. The average Bonchev–Trinajstić information content (AvgIpc) is 2.72. The molecule has 0 aliphatic heterocycles. The van der Waals surface area contributed by atoms with Crippen molar-refractivity contribution < 1.29 is 19.2 Å². The molecule has 0 saturated carbocycles. The van der Waals surface area contributed by atoms with E-state index in [1.54, 1.807) is 0 Å². The minimum atomic E-state index is -0.273. The van der Waals surface area contributed by atoms with Crippen LogP contribution < -0.4 is 4.57 Å². The SMILES string of the molecule is CCC[n+]1ccn(CCC(=O)OCCO)c1. The van der Waals surface area contributed by atoms with Crippen LogP contribution >= 0.6 is 0 Å². The molecular weight excluding hydrogens is 208 g/mol. The van der Waals surface area contributed by atoms with E-state index in [1.165, 1.54) is 0 Å². The third-order valence-corrected chi connectivity index (χ3v) is 2.16. The predicted molar refractivity (Wildman–Crippen MR) is 57.6 cm³/mol. The largest absolute Gasteiger partial charge is 0.463 e. The number of esters is 1. The van der Waals surface area contributed by atoms with Crippen molar-refractivity contribution in [2.24, 2.45) is 0 Å². The Morgan fingerprint density at radius 3 is 3.06 bits per heavy atom. The van der Waals surface area contributed by atoms with Crippen LogP contribution in [-0.4, -0.2) is 28.9 Å². The van der Waals surface area contributed by atoms with Gasteiger partial charge < -0.3 is 9.84 Å². The molecule has 0 unspecified atom stereocenters. The van der Waals surface area contributed by atoms with Gasteiger partial charge in [-0.05, 0) is 6.42 Å². The summed E-state index contributed by atoms with van der Waals surface area (Å²) in [7, 11) is 0. The molecule has 0 aliphatic rings. The number of carbonyl (C=O) groups excluding carboxylic acids is 1. The summed E-state index contributed by atoms with van der Waals surface area (Å²) in [6.07, 6.45) is 7.33. The molecule has 0 spiro atoms. The number of hydrogen-bond donors (Lipinski definition) is 1. The molecule has 0 saturated heterocycles. The topological polar surface area (TPSA) is 55.3 Å². The molecule has 0 radical (unpaired) electrons. The quantitative estimate of drug-likeness (QED) is 0.531. The molecule has 0 bridgehead atoms. The molecule has 0 aliphatic carbocycles. The Morgan fingerprint density at radius 1 is 1.56 bits per heavy atom. The smallest absolute Gasteiger partial charge is 0.309 e. The van der Waals surface area contributed by atoms with Crippen molar-refractivity contribution in [2.45, 2.75) is 32.9 Å². The van der Waals surface area contributed by atoms with Gasteiger partial charge >= 0.3 is 5.97 Å². The number of hydrogen-bond acceptors (Lipinski definition) is 3. The first-order chi connectivity index (χ1) is 7.76. The maximum atomic E-state index is 11.2. The zero-order chi connectivity index (χ0) is 11.8. The first-order valence-corrected chi connectivity index (χ1v) is 5.57. The van der Waals surface area contributed by atoms with E-state index >= 15 is 0 Å². The third kappa shape index (κ3) is 4.44. The summed E-state index contributed by atoms with van der Waals surface area (Å²) in [5, 5.41) is 8.48. The Labute approximate surface area is 95.3 Å². The summed E-state index contributed by atoms with van der Waals surface area (Å²) in [5.74, 6) is -0.273.